The molecule has 1 aliphatic rings. The van der Waals surface area contributed by atoms with Crippen molar-refractivity contribution in [2.24, 2.45) is 0 Å². The van der Waals surface area contributed by atoms with E-state index < -0.39 is 0 Å². The maximum Gasteiger partial charge on any atom is 0.254 e. The van der Waals surface area contributed by atoms with E-state index in [1.165, 1.54) is 0 Å². The van der Waals surface area contributed by atoms with Gasteiger partial charge in [-0.05, 0) is 24.3 Å². The van der Waals surface area contributed by atoms with E-state index in [1.54, 1.807) is 41.6 Å². The van der Waals surface area contributed by atoms with E-state index in [2.05, 4.69) is 15.3 Å². The summed E-state index contributed by atoms with van der Waals surface area (Å²) in [4.78, 5) is 22.2. The second-order valence-corrected chi connectivity index (χ2v) is 5.57. The minimum Gasteiger partial charge on any atom is -0.348 e. The molecule has 5 nitrogen and oxygen atoms in total. The Bertz CT molecular complexity index is 659. The number of nitrogens with zero attached hydrogens (tertiary/aromatic N) is 3. The fourth-order valence-electron chi connectivity index (χ4n) is 2.10. The largest absolute Gasteiger partial charge is 0.348 e. The molecule has 0 saturated carbocycles. The third kappa shape index (κ3) is 3.09. The van der Waals surface area contributed by atoms with Gasteiger partial charge in [0.25, 0.3) is 5.91 Å². The van der Waals surface area contributed by atoms with Gasteiger partial charge in [-0.3, -0.25) is 4.79 Å². The molecule has 2 aromatic rings. The Morgan fingerprint density at radius 1 is 1.19 bits per heavy atom. The third-order valence-electron chi connectivity index (χ3n) is 3.23. The number of anilines is 1. The smallest absolute Gasteiger partial charge is 0.254 e. The molecule has 21 heavy (non-hydrogen) atoms. The van der Waals surface area contributed by atoms with Crippen LogP contribution in [0.5, 0.6) is 0 Å². The minimum atomic E-state index is -0.0550. The van der Waals surface area contributed by atoms with Crippen molar-refractivity contribution in [2.45, 2.75) is 6.04 Å². The van der Waals surface area contributed by atoms with Gasteiger partial charge in [0, 0.05) is 31.0 Å². The summed E-state index contributed by atoms with van der Waals surface area (Å²) in [5, 5.41) is 4.00. The highest BCUT2D eigenvalue weighted by molar-refractivity contribution is 6.42. The predicted octanol–water partition coefficient (Wildman–Crippen LogP) is 2.72. The summed E-state index contributed by atoms with van der Waals surface area (Å²) in [7, 11) is 0. The molecule has 1 fully saturated rings. The summed E-state index contributed by atoms with van der Waals surface area (Å²) in [6.45, 7) is 1.22. The lowest BCUT2D eigenvalue weighted by Gasteiger charge is -2.39. The second-order valence-electron chi connectivity index (χ2n) is 4.75. The van der Waals surface area contributed by atoms with Crippen molar-refractivity contribution >= 4 is 35.1 Å². The average Bonchev–Trinajstić information content (AvgIpc) is 2.46. The lowest BCUT2D eigenvalue weighted by molar-refractivity contribution is 0.0624. The first-order valence-electron chi connectivity index (χ1n) is 6.41. The van der Waals surface area contributed by atoms with Crippen LogP contribution in [-0.4, -0.2) is 39.9 Å². The average molecular weight is 323 g/mol. The van der Waals surface area contributed by atoms with E-state index >= 15 is 0 Å². The van der Waals surface area contributed by atoms with Crippen molar-refractivity contribution < 1.29 is 4.79 Å². The van der Waals surface area contributed by atoms with Gasteiger partial charge in [-0.2, -0.15) is 0 Å². The van der Waals surface area contributed by atoms with Crippen molar-refractivity contribution in [3.8, 4) is 0 Å². The van der Waals surface area contributed by atoms with Crippen LogP contribution in [0.15, 0.2) is 36.7 Å². The number of benzene rings is 1. The van der Waals surface area contributed by atoms with Crippen molar-refractivity contribution in [2.75, 3.05) is 18.4 Å². The number of carbonyl (C=O) groups is 1. The lowest BCUT2D eigenvalue weighted by Crippen LogP contribution is -2.57. The molecular weight excluding hydrogens is 311 g/mol. The molecule has 0 radical (unpaired) electrons. The monoisotopic (exact) mass is 322 g/mol. The summed E-state index contributed by atoms with van der Waals surface area (Å²) in [6.07, 6.45) is 3.35. The highest BCUT2D eigenvalue weighted by Crippen LogP contribution is 2.24. The number of halogens is 2. The van der Waals surface area contributed by atoms with Gasteiger partial charge in [0.05, 0.1) is 16.1 Å². The standard InChI is InChI=1S/C14H12Cl2N4O/c15-11-3-2-9(6-12(11)16)13(21)20-7-10(8-20)19-14-17-4-1-5-18-14/h1-6,10H,7-8H2,(H,17,18,19). The van der Waals surface area contributed by atoms with E-state index in [9.17, 15) is 4.79 Å². The first-order chi connectivity index (χ1) is 10.1. The van der Waals surface area contributed by atoms with Crippen LogP contribution in [0.4, 0.5) is 5.95 Å². The second kappa shape index (κ2) is 5.87. The lowest BCUT2D eigenvalue weighted by atomic mass is 10.1. The minimum absolute atomic E-state index is 0.0550. The number of aromatic nitrogens is 2. The van der Waals surface area contributed by atoms with Crippen LogP contribution in [0.3, 0.4) is 0 Å². The zero-order valence-electron chi connectivity index (χ0n) is 11.0. The van der Waals surface area contributed by atoms with Crippen LogP contribution < -0.4 is 5.32 Å². The van der Waals surface area contributed by atoms with E-state index in [-0.39, 0.29) is 11.9 Å². The highest BCUT2D eigenvalue weighted by Gasteiger charge is 2.31. The number of hydrogen-bond donors (Lipinski definition) is 1. The van der Waals surface area contributed by atoms with E-state index in [4.69, 9.17) is 23.2 Å². The molecule has 0 unspecified atom stereocenters. The number of rotatable bonds is 3. The zero-order chi connectivity index (χ0) is 14.8. The molecule has 2 heterocycles. The van der Waals surface area contributed by atoms with Gasteiger partial charge in [0.2, 0.25) is 5.95 Å². The Labute approximate surface area is 131 Å². The molecule has 1 N–H and O–H groups in total. The van der Waals surface area contributed by atoms with E-state index in [0.29, 0.717) is 34.6 Å². The van der Waals surface area contributed by atoms with Gasteiger partial charge < -0.3 is 10.2 Å². The molecule has 0 atom stereocenters. The van der Waals surface area contributed by atoms with E-state index in [0.717, 1.165) is 0 Å². The molecule has 0 spiro atoms. The Hall–Kier alpha value is -1.85. The summed E-state index contributed by atoms with van der Waals surface area (Å²) in [5.74, 6) is 0.518. The van der Waals surface area contributed by atoms with Crippen LogP contribution in [0.25, 0.3) is 0 Å². The van der Waals surface area contributed by atoms with Crippen LogP contribution in [0.2, 0.25) is 10.0 Å². The molecule has 0 bridgehead atoms. The van der Waals surface area contributed by atoms with Gasteiger partial charge in [0.15, 0.2) is 0 Å². The molecule has 0 aliphatic carbocycles. The van der Waals surface area contributed by atoms with Crippen molar-refractivity contribution in [1.82, 2.24) is 14.9 Å². The maximum atomic E-state index is 12.3. The first-order valence-corrected chi connectivity index (χ1v) is 7.17. The van der Waals surface area contributed by atoms with Gasteiger partial charge >= 0.3 is 0 Å². The first kappa shape index (κ1) is 14.1. The molecule has 7 heteroatoms. The molecule has 1 saturated heterocycles. The summed E-state index contributed by atoms with van der Waals surface area (Å²) in [5.41, 5.74) is 0.541. The van der Waals surface area contributed by atoms with Gasteiger partial charge in [0.1, 0.15) is 0 Å². The molecule has 1 aliphatic heterocycles. The van der Waals surface area contributed by atoms with Crippen LogP contribution in [0, 0.1) is 0 Å². The number of hydrogen-bond acceptors (Lipinski definition) is 4. The van der Waals surface area contributed by atoms with Gasteiger partial charge in [-0.25, -0.2) is 9.97 Å². The molecular formula is C14H12Cl2N4O. The molecule has 1 aromatic carbocycles. The number of carbonyl (C=O) groups excluding carboxylic acids is 1. The summed E-state index contributed by atoms with van der Waals surface area (Å²) in [6, 6.07) is 6.82. The number of likely N-dealkylation sites (tertiary alicyclic amines) is 1. The molecule has 1 amide bonds. The molecule has 3 rings (SSSR count). The third-order valence-corrected chi connectivity index (χ3v) is 3.97. The topological polar surface area (TPSA) is 58.1 Å². The Morgan fingerprint density at radius 2 is 1.90 bits per heavy atom. The highest BCUT2D eigenvalue weighted by atomic mass is 35.5. The Kier molecular flexibility index (Phi) is 3.94. The van der Waals surface area contributed by atoms with Crippen LogP contribution in [-0.2, 0) is 0 Å². The fourth-order valence-corrected chi connectivity index (χ4v) is 2.40. The van der Waals surface area contributed by atoms with Gasteiger partial charge in [-0.1, -0.05) is 23.2 Å². The molecule has 1 aromatic heterocycles. The SMILES string of the molecule is O=C(c1ccc(Cl)c(Cl)c1)N1CC(Nc2ncccn2)C1. The maximum absolute atomic E-state index is 12.3. The predicted molar refractivity (Wildman–Crippen MR) is 81.8 cm³/mol. The number of amides is 1. The Balaban J connectivity index is 1.58. The quantitative estimate of drug-likeness (QED) is 0.944. The van der Waals surface area contributed by atoms with Gasteiger partial charge in [-0.15, -0.1) is 0 Å². The summed E-state index contributed by atoms with van der Waals surface area (Å²) >= 11 is 11.8. The Morgan fingerprint density at radius 3 is 2.57 bits per heavy atom. The molecule has 108 valence electrons. The normalized spacial score (nSPS) is 14.7. The summed E-state index contributed by atoms with van der Waals surface area (Å²) < 4.78 is 0. The van der Waals surface area contributed by atoms with Crippen molar-refractivity contribution in [3.05, 3.63) is 52.3 Å². The van der Waals surface area contributed by atoms with Crippen molar-refractivity contribution in [3.63, 3.8) is 0 Å². The van der Waals surface area contributed by atoms with Crippen LogP contribution >= 0.6 is 23.2 Å². The van der Waals surface area contributed by atoms with Crippen molar-refractivity contribution in [1.29, 1.82) is 0 Å². The van der Waals surface area contributed by atoms with E-state index in [1.807, 2.05) is 0 Å². The number of nitrogens with one attached hydrogen (secondary N) is 1. The van der Waals surface area contributed by atoms with Crippen LogP contribution in [0.1, 0.15) is 10.4 Å². The fraction of sp³-hybridized carbons (Fsp3) is 0.214. The zero-order valence-corrected chi connectivity index (χ0v) is 12.5.